The number of amides is 1. The van der Waals surface area contributed by atoms with Crippen molar-refractivity contribution in [2.24, 2.45) is 0 Å². The molecule has 0 aliphatic carbocycles. The molecular weight excluding hydrogens is 450 g/mol. The maximum Gasteiger partial charge on any atom is 0.295 e. The van der Waals surface area contributed by atoms with Gasteiger partial charge in [0.05, 0.1) is 11.6 Å². The van der Waals surface area contributed by atoms with Crippen LogP contribution in [0, 0.1) is 0 Å². The normalized spacial score (nSPS) is 20.9. The summed E-state index contributed by atoms with van der Waals surface area (Å²) in [5, 5.41) is 11.8. The van der Waals surface area contributed by atoms with Crippen LogP contribution in [0.3, 0.4) is 0 Å². The average molecular weight is 474 g/mol. The third-order valence-corrected chi connectivity index (χ3v) is 6.59. The maximum absolute atomic E-state index is 13.2. The highest BCUT2D eigenvalue weighted by molar-refractivity contribution is 6.46. The second-order valence-electron chi connectivity index (χ2n) is 8.74. The minimum atomic E-state index is -0.731. The summed E-state index contributed by atoms with van der Waals surface area (Å²) in [6, 6.07) is 21.5. The van der Waals surface area contributed by atoms with E-state index in [4.69, 9.17) is 16.3 Å². The second-order valence-corrected chi connectivity index (χ2v) is 9.17. The van der Waals surface area contributed by atoms with Gasteiger partial charge in [0.15, 0.2) is 0 Å². The fraction of sp³-hybridized carbons (Fsp3) is 0.214. The monoisotopic (exact) mass is 473 g/mol. The van der Waals surface area contributed by atoms with Gasteiger partial charge in [-0.2, -0.15) is 0 Å². The molecule has 5 nitrogen and oxygen atoms in total. The van der Waals surface area contributed by atoms with Crippen molar-refractivity contribution < 1.29 is 19.4 Å². The highest BCUT2D eigenvalue weighted by Gasteiger charge is 2.46. The van der Waals surface area contributed by atoms with Gasteiger partial charge in [0.2, 0.25) is 0 Å². The molecule has 5 rings (SSSR count). The van der Waals surface area contributed by atoms with Crippen LogP contribution >= 0.6 is 11.6 Å². The standard InChI is InChI=1S/C28H24ClNO4/c1-17-14-21-15-20(10-11-23(21)34-17)26(31)24-25(19-8-5-9-22(29)16-19)30(28(33)27(24)32)13-12-18-6-3-2-4-7-18/h2-11,15-17,25,31H,12-14H2,1H3/t17-,25+/m1/s1. The molecule has 2 aliphatic rings. The molecule has 34 heavy (non-hydrogen) atoms. The largest absolute Gasteiger partial charge is 0.507 e. The molecule has 0 saturated carbocycles. The Morgan fingerprint density at radius 2 is 1.85 bits per heavy atom. The minimum Gasteiger partial charge on any atom is -0.507 e. The zero-order valence-electron chi connectivity index (χ0n) is 18.7. The third-order valence-electron chi connectivity index (χ3n) is 6.36. The van der Waals surface area contributed by atoms with Crippen molar-refractivity contribution in [1.29, 1.82) is 0 Å². The number of halogens is 1. The number of aliphatic hydroxyl groups excluding tert-OH is 1. The number of likely N-dealkylation sites (tertiary alicyclic amines) is 1. The number of hydrogen-bond acceptors (Lipinski definition) is 4. The quantitative estimate of drug-likeness (QED) is 0.309. The Hall–Kier alpha value is -3.57. The van der Waals surface area contributed by atoms with Gasteiger partial charge in [0.25, 0.3) is 11.7 Å². The lowest BCUT2D eigenvalue weighted by molar-refractivity contribution is -0.139. The van der Waals surface area contributed by atoms with Crippen LogP contribution in [0.1, 0.15) is 35.2 Å². The summed E-state index contributed by atoms with van der Waals surface area (Å²) in [6.07, 6.45) is 1.36. The fourth-order valence-corrected chi connectivity index (χ4v) is 4.95. The number of carbonyl (C=O) groups is 2. The summed E-state index contributed by atoms with van der Waals surface area (Å²) in [6.45, 7) is 2.31. The molecular formula is C28H24ClNO4. The molecule has 3 aromatic rings. The molecule has 0 spiro atoms. The van der Waals surface area contributed by atoms with Crippen molar-refractivity contribution >= 4 is 29.1 Å². The number of nitrogens with zero attached hydrogens (tertiary/aromatic N) is 1. The van der Waals surface area contributed by atoms with E-state index >= 15 is 0 Å². The number of Topliss-reactive ketones (excluding diaryl/α,β-unsaturated/α-hetero) is 1. The molecule has 1 N–H and O–H groups in total. The predicted octanol–water partition coefficient (Wildman–Crippen LogP) is 5.33. The number of carbonyl (C=O) groups excluding carboxylic acids is 2. The van der Waals surface area contributed by atoms with Gasteiger partial charge in [-0.05, 0) is 60.4 Å². The molecule has 0 bridgehead atoms. The van der Waals surface area contributed by atoms with Crippen LogP contribution in [0.15, 0.2) is 78.4 Å². The SMILES string of the molecule is C[C@@H]1Cc2cc(C(O)=C3C(=O)C(=O)N(CCc4ccccc4)[C@H]3c3cccc(Cl)c3)ccc2O1. The van der Waals surface area contributed by atoms with E-state index in [1.165, 1.54) is 4.90 Å². The number of hydrogen-bond donors (Lipinski definition) is 1. The van der Waals surface area contributed by atoms with E-state index in [9.17, 15) is 14.7 Å². The van der Waals surface area contributed by atoms with E-state index in [0.29, 0.717) is 29.1 Å². The van der Waals surface area contributed by atoms with Gasteiger partial charge in [-0.15, -0.1) is 0 Å². The van der Waals surface area contributed by atoms with E-state index in [1.54, 1.807) is 30.3 Å². The lowest BCUT2D eigenvalue weighted by Crippen LogP contribution is -2.31. The smallest absolute Gasteiger partial charge is 0.295 e. The van der Waals surface area contributed by atoms with E-state index in [2.05, 4.69) is 0 Å². The number of rotatable bonds is 5. The van der Waals surface area contributed by atoms with Gasteiger partial charge in [-0.3, -0.25) is 9.59 Å². The minimum absolute atomic E-state index is 0.0578. The lowest BCUT2D eigenvalue weighted by Gasteiger charge is -2.25. The molecule has 2 heterocycles. The highest BCUT2D eigenvalue weighted by atomic mass is 35.5. The van der Waals surface area contributed by atoms with E-state index < -0.39 is 17.7 Å². The zero-order chi connectivity index (χ0) is 23.8. The zero-order valence-corrected chi connectivity index (χ0v) is 19.5. The van der Waals surface area contributed by atoms with Crippen molar-refractivity contribution in [1.82, 2.24) is 4.90 Å². The Morgan fingerprint density at radius 3 is 2.62 bits per heavy atom. The van der Waals surface area contributed by atoms with Crippen LogP contribution in [-0.2, 0) is 22.4 Å². The number of ketones is 1. The van der Waals surface area contributed by atoms with Gasteiger partial charge in [-0.25, -0.2) is 0 Å². The second kappa shape index (κ2) is 8.99. The van der Waals surface area contributed by atoms with Crippen LogP contribution in [0.2, 0.25) is 5.02 Å². The van der Waals surface area contributed by atoms with Crippen molar-refractivity contribution in [3.63, 3.8) is 0 Å². The molecule has 1 fully saturated rings. The van der Waals surface area contributed by atoms with E-state index in [-0.39, 0.29) is 17.4 Å². The molecule has 2 aliphatic heterocycles. The summed E-state index contributed by atoms with van der Waals surface area (Å²) in [5.41, 5.74) is 3.27. The molecule has 0 aromatic heterocycles. The Kier molecular flexibility index (Phi) is 5.88. The van der Waals surface area contributed by atoms with E-state index in [0.717, 1.165) is 23.3 Å². The Balaban J connectivity index is 1.58. The Morgan fingerprint density at radius 1 is 1.06 bits per heavy atom. The van der Waals surface area contributed by atoms with Crippen molar-refractivity contribution in [3.05, 3.63) is 106 Å². The first-order chi connectivity index (χ1) is 16.4. The maximum atomic E-state index is 13.2. The van der Waals surface area contributed by atoms with Gasteiger partial charge in [-0.1, -0.05) is 54.1 Å². The third kappa shape index (κ3) is 4.08. The van der Waals surface area contributed by atoms with Gasteiger partial charge < -0.3 is 14.7 Å². The first-order valence-corrected chi connectivity index (χ1v) is 11.7. The number of aliphatic hydroxyl groups is 1. The lowest BCUT2D eigenvalue weighted by atomic mass is 9.94. The van der Waals surface area contributed by atoms with Gasteiger partial charge in [0, 0.05) is 23.6 Å². The van der Waals surface area contributed by atoms with Gasteiger partial charge in [0.1, 0.15) is 17.6 Å². The number of benzene rings is 3. The average Bonchev–Trinajstić information content (AvgIpc) is 3.33. The molecule has 1 saturated heterocycles. The Labute approximate surface area is 203 Å². The first-order valence-electron chi connectivity index (χ1n) is 11.3. The summed E-state index contributed by atoms with van der Waals surface area (Å²) in [7, 11) is 0. The Bertz CT molecular complexity index is 1300. The summed E-state index contributed by atoms with van der Waals surface area (Å²) < 4.78 is 5.76. The molecule has 172 valence electrons. The van der Waals surface area contributed by atoms with E-state index in [1.807, 2.05) is 49.4 Å². The molecule has 2 atom stereocenters. The summed E-state index contributed by atoms with van der Waals surface area (Å²) in [4.78, 5) is 27.9. The van der Waals surface area contributed by atoms with Crippen molar-refractivity contribution in [2.75, 3.05) is 6.54 Å². The van der Waals surface area contributed by atoms with Crippen LogP contribution in [-0.4, -0.2) is 34.3 Å². The molecule has 0 unspecified atom stereocenters. The van der Waals surface area contributed by atoms with Crippen LogP contribution in [0.25, 0.3) is 5.76 Å². The van der Waals surface area contributed by atoms with Crippen LogP contribution in [0.5, 0.6) is 5.75 Å². The first kappa shape index (κ1) is 22.2. The number of ether oxygens (including phenoxy) is 1. The van der Waals surface area contributed by atoms with Crippen molar-refractivity contribution in [3.8, 4) is 5.75 Å². The van der Waals surface area contributed by atoms with Crippen LogP contribution in [0.4, 0.5) is 0 Å². The summed E-state index contributed by atoms with van der Waals surface area (Å²) in [5.74, 6) is -0.729. The van der Waals surface area contributed by atoms with Gasteiger partial charge >= 0.3 is 0 Å². The topological polar surface area (TPSA) is 66.8 Å². The highest BCUT2D eigenvalue weighted by Crippen LogP contribution is 2.41. The molecule has 3 aromatic carbocycles. The molecule has 6 heteroatoms. The predicted molar refractivity (Wildman–Crippen MR) is 131 cm³/mol. The molecule has 1 amide bonds. The van der Waals surface area contributed by atoms with Crippen LogP contribution < -0.4 is 4.74 Å². The summed E-state index contributed by atoms with van der Waals surface area (Å²) >= 11 is 6.26. The molecule has 0 radical (unpaired) electrons. The number of fused-ring (bicyclic) bond motifs is 1. The fourth-order valence-electron chi connectivity index (χ4n) is 4.75. The van der Waals surface area contributed by atoms with Crippen molar-refractivity contribution in [2.45, 2.75) is 31.9 Å².